The molecule has 1 saturated heterocycles. The van der Waals surface area contributed by atoms with Gasteiger partial charge in [0.2, 0.25) is 0 Å². The Balaban J connectivity index is 1.42. The van der Waals surface area contributed by atoms with Crippen LogP contribution in [0, 0.1) is 0 Å². The number of aromatic nitrogens is 2. The van der Waals surface area contributed by atoms with Crippen LogP contribution in [0.25, 0.3) is 0 Å². The number of rotatable bonds is 4. The summed E-state index contributed by atoms with van der Waals surface area (Å²) in [6, 6.07) is 8.97. The number of nitrogens with one attached hydrogen (secondary N) is 1. The van der Waals surface area contributed by atoms with Crippen LogP contribution in [0.3, 0.4) is 0 Å². The fraction of sp³-hybridized carbons (Fsp3) is 0.278. The molecule has 9 nitrogen and oxygen atoms in total. The molecular weight excluding hydrogens is 350 g/mol. The largest absolute Gasteiger partial charge is 0.451 e. The van der Waals surface area contributed by atoms with E-state index in [9.17, 15) is 14.4 Å². The molecule has 27 heavy (non-hydrogen) atoms. The molecule has 1 aliphatic heterocycles. The van der Waals surface area contributed by atoms with Crippen molar-refractivity contribution < 1.29 is 19.1 Å². The van der Waals surface area contributed by atoms with Gasteiger partial charge in [0.1, 0.15) is 0 Å². The van der Waals surface area contributed by atoms with Crippen LogP contribution >= 0.6 is 0 Å². The molecule has 1 fully saturated rings. The summed E-state index contributed by atoms with van der Waals surface area (Å²) in [5, 5.41) is 2.82. The number of esters is 1. The summed E-state index contributed by atoms with van der Waals surface area (Å²) in [5.41, 5.74) is 0.768. The maximum Gasteiger partial charge on any atom is 0.359 e. The van der Waals surface area contributed by atoms with E-state index in [-0.39, 0.29) is 24.2 Å². The molecule has 1 aromatic heterocycles. The van der Waals surface area contributed by atoms with Gasteiger partial charge in [-0.1, -0.05) is 18.2 Å². The van der Waals surface area contributed by atoms with Gasteiger partial charge in [-0.3, -0.25) is 9.78 Å². The van der Waals surface area contributed by atoms with Gasteiger partial charge in [0, 0.05) is 44.3 Å². The quantitative estimate of drug-likeness (QED) is 0.807. The predicted octanol–water partition coefficient (Wildman–Crippen LogP) is 1.01. The van der Waals surface area contributed by atoms with E-state index in [0.29, 0.717) is 26.2 Å². The minimum Gasteiger partial charge on any atom is -0.451 e. The highest BCUT2D eigenvalue weighted by molar-refractivity contribution is 5.90. The summed E-state index contributed by atoms with van der Waals surface area (Å²) in [6.07, 6.45) is 4.09. The van der Waals surface area contributed by atoms with E-state index in [4.69, 9.17) is 4.74 Å². The maximum atomic E-state index is 12.2. The number of piperazine rings is 1. The van der Waals surface area contributed by atoms with Gasteiger partial charge >= 0.3 is 12.0 Å². The van der Waals surface area contributed by atoms with Gasteiger partial charge < -0.3 is 19.9 Å². The standard InChI is InChI=1S/C18H19N5O4/c24-16(13-27-17(25)15-12-19-6-7-20-15)22-8-10-23(11-9-22)18(26)21-14-4-2-1-3-5-14/h1-7,12H,8-11,13H2,(H,21,26). The fourth-order valence-corrected chi connectivity index (χ4v) is 2.58. The molecule has 1 aromatic carbocycles. The normalized spacial score (nSPS) is 13.8. The number of amides is 3. The first-order valence-electron chi connectivity index (χ1n) is 8.45. The van der Waals surface area contributed by atoms with Crippen LogP contribution in [-0.2, 0) is 9.53 Å². The van der Waals surface area contributed by atoms with Crippen molar-refractivity contribution in [1.82, 2.24) is 19.8 Å². The average molecular weight is 369 g/mol. The third kappa shape index (κ3) is 5.00. The molecule has 0 radical (unpaired) electrons. The monoisotopic (exact) mass is 369 g/mol. The van der Waals surface area contributed by atoms with Gasteiger partial charge in [0.15, 0.2) is 12.3 Å². The molecule has 3 rings (SSSR count). The van der Waals surface area contributed by atoms with Crippen LogP contribution in [-0.4, -0.2) is 70.5 Å². The zero-order valence-electron chi connectivity index (χ0n) is 14.6. The van der Waals surface area contributed by atoms with Crippen LogP contribution in [0.2, 0.25) is 0 Å². The lowest BCUT2D eigenvalue weighted by atomic mass is 10.3. The zero-order valence-corrected chi connectivity index (χ0v) is 14.6. The van der Waals surface area contributed by atoms with E-state index in [2.05, 4.69) is 15.3 Å². The second-order valence-corrected chi connectivity index (χ2v) is 5.83. The first-order valence-corrected chi connectivity index (χ1v) is 8.45. The minimum atomic E-state index is -0.697. The van der Waals surface area contributed by atoms with Crippen molar-refractivity contribution in [2.75, 3.05) is 38.1 Å². The Kier molecular flexibility index (Phi) is 5.93. The molecule has 3 amide bonds. The second-order valence-electron chi connectivity index (χ2n) is 5.83. The Hall–Kier alpha value is -3.49. The number of carbonyl (C=O) groups excluding carboxylic acids is 3. The molecule has 0 aliphatic carbocycles. The number of para-hydroxylation sites is 1. The van der Waals surface area contributed by atoms with Crippen molar-refractivity contribution in [2.24, 2.45) is 0 Å². The molecule has 0 atom stereocenters. The van der Waals surface area contributed by atoms with E-state index < -0.39 is 5.97 Å². The van der Waals surface area contributed by atoms with Crippen LogP contribution in [0.4, 0.5) is 10.5 Å². The molecule has 2 aromatic rings. The first kappa shape index (κ1) is 18.3. The summed E-state index contributed by atoms with van der Waals surface area (Å²) in [7, 11) is 0. The van der Waals surface area contributed by atoms with Crippen molar-refractivity contribution in [3.63, 3.8) is 0 Å². The van der Waals surface area contributed by atoms with Crippen molar-refractivity contribution in [3.05, 3.63) is 54.6 Å². The van der Waals surface area contributed by atoms with Crippen molar-refractivity contribution >= 4 is 23.6 Å². The number of hydrogen-bond donors (Lipinski definition) is 1. The molecule has 0 unspecified atom stereocenters. The summed E-state index contributed by atoms with van der Waals surface area (Å²) < 4.78 is 4.97. The van der Waals surface area contributed by atoms with E-state index in [1.165, 1.54) is 18.6 Å². The SMILES string of the molecule is O=C(OCC(=O)N1CCN(C(=O)Nc2ccccc2)CC1)c1cnccn1. The fourth-order valence-electron chi connectivity index (χ4n) is 2.58. The summed E-state index contributed by atoms with van der Waals surface area (Å²) in [4.78, 5) is 47.0. The topological polar surface area (TPSA) is 105 Å². The number of nitrogens with zero attached hydrogens (tertiary/aromatic N) is 4. The highest BCUT2D eigenvalue weighted by Crippen LogP contribution is 2.09. The van der Waals surface area contributed by atoms with Gasteiger partial charge in [0.25, 0.3) is 5.91 Å². The van der Waals surface area contributed by atoms with Gasteiger partial charge in [-0.05, 0) is 12.1 Å². The zero-order chi connectivity index (χ0) is 19.1. The number of urea groups is 1. The van der Waals surface area contributed by atoms with E-state index in [1.807, 2.05) is 30.3 Å². The number of benzene rings is 1. The second kappa shape index (κ2) is 8.75. The van der Waals surface area contributed by atoms with Crippen molar-refractivity contribution in [1.29, 1.82) is 0 Å². The molecule has 9 heteroatoms. The summed E-state index contributed by atoms with van der Waals surface area (Å²) >= 11 is 0. The minimum absolute atomic E-state index is 0.0488. The predicted molar refractivity (Wildman–Crippen MR) is 95.9 cm³/mol. The first-order chi connectivity index (χ1) is 13.1. The Morgan fingerprint density at radius 3 is 2.37 bits per heavy atom. The smallest absolute Gasteiger partial charge is 0.359 e. The van der Waals surface area contributed by atoms with Gasteiger partial charge in [-0.25, -0.2) is 14.6 Å². The lowest BCUT2D eigenvalue weighted by Gasteiger charge is -2.34. The highest BCUT2D eigenvalue weighted by atomic mass is 16.5. The molecule has 2 heterocycles. The van der Waals surface area contributed by atoms with Crippen LogP contribution in [0.15, 0.2) is 48.9 Å². The maximum absolute atomic E-state index is 12.2. The highest BCUT2D eigenvalue weighted by Gasteiger charge is 2.25. The average Bonchev–Trinajstić information content (AvgIpc) is 2.73. The third-order valence-corrected chi connectivity index (χ3v) is 4.04. The van der Waals surface area contributed by atoms with Crippen molar-refractivity contribution in [3.8, 4) is 0 Å². The summed E-state index contributed by atoms with van der Waals surface area (Å²) in [6.45, 7) is 1.20. The van der Waals surface area contributed by atoms with Crippen LogP contribution in [0.1, 0.15) is 10.5 Å². The third-order valence-electron chi connectivity index (χ3n) is 4.04. The number of ether oxygens (including phenoxy) is 1. The molecule has 0 bridgehead atoms. The van der Waals surface area contributed by atoms with E-state index in [1.54, 1.807) is 9.80 Å². The Morgan fingerprint density at radius 2 is 1.70 bits per heavy atom. The lowest BCUT2D eigenvalue weighted by Crippen LogP contribution is -2.52. The van der Waals surface area contributed by atoms with E-state index >= 15 is 0 Å². The number of hydrogen-bond acceptors (Lipinski definition) is 6. The van der Waals surface area contributed by atoms with Crippen molar-refractivity contribution in [2.45, 2.75) is 0 Å². The Bertz CT molecular complexity index is 792. The molecule has 1 aliphatic rings. The molecule has 0 saturated carbocycles. The van der Waals surface area contributed by atoms with E-state index in [0.717, 1.165) is 5.69 Å². The number of anilines is 1. The molecule has 1 N–H and O–H groups in total. The van der Waals surface area contributed by atoms with Gasteiger partial charge in [-0.2, -0.15) is 0 Å². The molecular formula is C18H19N5O4. The Morgan fingerprint density at radius 1 is 1.00 bits per heavy atom. The Labute approximate surface area is 156 Å². The van der Waals surface area contributed by atoms with Gasteiger partial charge in [-0.15, -0.1) is 0 Å². The molecule has 140 valence electrons. The van der Waals surface area contributed by atoms with Gasteiger partial charge in [0.05, 0.1) is 6.20 Å². The molecule has 0 spiro atoms. The van der Waals surface area contributed by atoms with Crippen LogP contribution in [0.5, 0.6) is 0 Å². The number of carbonyl (C=O) groups is 3. The lowest BCUT2D eigenvalue weighted by molar-refractivity contribution is -0.135. The summed E-state index contributed by atoms with van der Waals surface area (Å²) in [5.74, 6) is -1.01. The van der Waals surface area contributed by atoms with Crippen LogP contribution < -0.4 is 5.32 Å².